The van der Waals surface area contributed by atoms with E-state index in [4.69, 9.17) is 14.8 Å². The van der Waals surface area contributed by atoms with E-state index in [0.29, 0.717) is 5.56 Å². The first-order chi connectivity index (χ1) is 7.06. The summed E-state index contributed by atoms with van der Waals surface area (Å²) in [6.45, 7) is 1.58. The summed E-state index contributed by atoms with van der Waals surface area (Å²) in [5.41, 5.74) is 0.472. The van der Waals surface area contributed by atoms with Crippen LogP contribution in [0.4, 0.5) is 4.39 Å². The Kier molecular flexibility index (Phi) is 4.08. The van der Waals surface area contributed by atoms with E-state index in [0.717, 1.165) is 6.07 Å². The van der Waals surface area contributed by atoms with Crippen LogP contribution in [0.15, 0.2) is 12.1 Å². The second-order valence-electron chi connectivity index (χ2n) is 3.07. The van der Waals surface area contributed by atoms with Crippen molar-refractivity contribution in [3.63, 3.8) is 0 Å². The molecule has 0 atom stereocenters. The molecule has 82 valence electrons. The maximum atomic E-state index is 13.0. The molecule has 1 aromatic rings. The van der Waals surface area contributed by atoms with Gasteiger partial charge in [0.2, 0.25) is 0 Å². The zero-order valence-corrected chi connectivity index (χ0v) is 8.53. The molecule has 0 unspecified atom stereocenters. The van der Waals surface area contributed by atoms with Crippen LogP contribution in [0.2, 0.25) is 0 Å². The van der Waals surface area contributed by atoms with Gasteiger partial charge in [0.15, 0.2) is 6.79 Å². The lowest BCUT2D eigenvalue weighted by atomic mass is 9.78. The lowest BCUT2D eigenvalue weighted by molar-refractivity contribution is 0.0511. The molecule has 0 fully saturated rings. The van der Waals surface area contributed by atoms with Crippen LogP contribution in [0.1, 0.15) is 5.56 Å². The number of rotatable bonds is 4. The van der Waals surface area contributed by atoms with Gasteiger partial charge in [0.05, 0.1) is 0 Å². The van der Waals surface area contributed by atoms with E-state index < -0.39 is 12.9 Å². The molecule has 0 aliphatic heterocycles. The van der Waals surface area contributed by atoms with E-state index in [-0.39, 0.29) is 18.0 Å². The summed E-state index contributed by atoms with van der Waals surface area (Å²) in [4.78, 5) is 0. The Labute approximate surface area is 87.4 Å². The van der Waals surface area contributed by atoms with Crippen molar-refractivity contribution in [2.45, 2.75) is 6.92 Å². The molecule has 0 aliphatic carbocycles. The van der Waals surface area contributed by atoms with Crippen molar-refractivity contribution >= 4 is 12.6 Å². The highest BCUT2D eigenvalue weighted by Gasteiger charge is 2.20. The number of hydrogen-bond acceptors (Lipinski definition) is 4. The Morgan fingerprint density at radius 1 is 1.40 bits per heavy atom. The second kappa shape index (κ2) is 5.11. The van der Waals surface area contributed by atoms with E-state index in [2.05, 4.69) is 4.74 Å². The van der Waals surface area contributed by atoms with Gasteiger partial charge in [0, 0.05) is 12.6 Å². The standard InChI is InChI=1S/C9H12BFO4/c1-6-3-7(11)4-8(10(12)13)9(6)15-5-14-2/h3-4,12-13H,5H2,1-2H3. The monoisotopic (exact) mass is 214 g/mol. The molecule has 1 aromatic carbocycles. The van der Waals surface area contributed by atoms with Crippen LogP contribution in [-0.2, 0) is 4.74 Å². The van der Waals surface area contributed by atoms with Crippen molar-refractivity contribution in [1.82, 2.24) is 0 Å². The zero-order chi connectivity index (χ0) is 11.4. The molecule has 1 rings (SSSR count). The Hall–Kier alpha value is -1.11. The van der Waals surface area contributed by atoms with Gasteiger partial charge in [-0.05, 0) is 24.6 Å². The summed E-state index contributed by atoms with van der Waals surface area (Å²) in [6.07, 6.45) is 0. The third-order valence-corrected chi connectivity index (χ3v) is 1.87. The number of halogens is 1. The van der Waals surface area contributed by atoms with Crippen molar-refractivity contribution in [2.24, 2.45) is 0 Å². The highest BCUT2D eigenvalue weighted by Crippen LogP contribution is 2.16. The fourth-order valence-electron chi connectivity index (χ4n) is 1.26. The molecule has 0 spiro atoms. The number of ether oxygens (including phenoxy) is 2. The van der Waals surface area contributed by atoms with Gasteiger partial charge in [-0.1, -0.05) is 0 Å². The molecule has 0 saturated carbocycles. The largest absolute Gasteiger partial charge is 0.492 e. The number of aryl methyl sites for hydroxylation is 1. The van der Waals surface area contributed by atoms with Crippen LogP contribution in [0.5, 0.6) is 5.75 Å². The minimum Gasteiger partial charge on any atom is -0.468 e. The van der Waals surface area contributed by atoms with Gasteiger partial charge >= 0.3 is 7.12 Å². The minimum atomic E-state index is -1.77. The van der Waals surface area contributed by atoms with Gasteiger partial charge in [0.25, 0.3) is 0 Å². The Balaban J connectivity index is 3.09. The summed E-state index contributed by atoms with van der Waals surface area (Å²) >= 11 is 0. The van der Waals surface area contributed by atoms with Gasteiger partial charge < -0.3 is 19.5 Å². The molecule has 0 aromatic heterocycles. The Morgan fingerprint density at radius 2 is 2.07 bits per heavy atom. The van der Waals surface area contributed by atoms with Crippen LogP contribution in [0.25, 0.3) is 0 Å². The van der Waals surface area contributed by atoms with E-state index in [1.807, 2.05) is 0 Å². The van der Waals surface area contributed by atoms with Crippen LogP contribution in [-0.4, -0.2) is 31.1 Å². The molecule has 0 saturated heterocycles. The first-order valence-electron chi connectivity index (χ1n) is 4.34. The number of hydrogen-bond donors (Lipinski definition) is 2. The van der Waals surface area contributed by atoms with Crippen molar-refractivity contribution in [3.05, 3.63) is 23.5 Å². The Morgan fingerprint density at radius 3 is 2.60 bits per heavy atom. The van der Waals surface area contributed by atoms with Gasteiger partial charge in [0.1, 0.15) is 11.6 Å². The topological polar surface area (TPSA) is 58.9 Å². The Bertz CT molecular complexity index is 343. The van der Waals surface area contributed by atoms with Crippen molar-refractivity contribution in [3.8, 4) is 5.75 Å². The predicted octanol–water partition coefficient (Wildman–Crippen LogP) is -0.203. The smallest absolute Gasteiger partial charge is 0.468 e. The average Bonchev–Trinajstić information content (AvgIpc) is 2.15. The van der Waals surface area contributed by atoms with Crippen molar-refractivity contribution in [1.29, 1.82) is 0 Å². The highest BCUT2D eigenvalue weighted by atomic mass is 19.1. The van der Waals surface area contributed by atoms with E-state index in [1.165, 1.54) is 13.2 Å². The molecular formula is C9H12BFO4. The molecule has 0 heterocycles. The van der Waals surface area contributed by atoms with Crippen LogP contribution >= 0.6 is 0 Å². The lowest BCUT2D eigenvalue weighted by Gasteiger charge is -2.13. The molecule has 6 heteroatoms. The minimum absolute atomic E-state index is 0.00968. The summed E-state index contributed by atoms with van der Waals surface area (Å²) in [7, 11) is -0.334. The van der Waals surface area contributed by atoms with Crippen molar-refractivity contribution in [2.75, 3.05) is 13.9 Å². The molecule has 0 bridgehead atoms. The van der Waals surface area contributed by atoms with E-state index in [1.54, 1.807) is 6.92 Å². The molecule has 0 aliphatic rings. The van der Waals surface area contributed by atoms with Gasteiger partial charge in [-0.25, -0.2) is 4.39 Å². The second-order valence-corrected chi connectivity index (χ2v) is 3.07. The van der Waals surface area contributed by atoms with Gasteiger partial charge in [-0.2, -0.15) is 0 Å². The molecule has 2 N–H and O–H groups in total. The SMILES string of the molecule is COCOc1c(C)cc(F)cc1B(O)O. The fourth-order valence-corrected chi connectivity index (χ4v) is 1.26. The number of benzene rings is 1. The number of methoxy groups -OCH3 is 1. The maximum absolute atomic E-state index is 13.0. The third-order valence-electron chi connectivity index (χ3n) is 1.87. The van der Waals surface area contributed by atoms with Crippen LogP contribution in [0.3, 0.4) is 0 Å². The molecule has 0 radical (unpaired) electrons. The average molecular weight is 214 g/mol. The van der Waals surface area contributed by atoms with Gasteiger partial charge in [-0.15, -0.1) is 0 Å². The summed E-state index contributed by atoms with van der Waals surface area (Å²) in [5.74, 6) is -0.311. The zero-order valence-electron chi connectivity index (χ0n) is 8.53. The molecular weight excluding hydrogens is 202 g/mol. The van der Waals surface area contributed by atoms with Crippen LogP contribution < -0.4 is 10.2 Å². The fraction of sp³-hybridized carbons (Fsp3) is 0.333. The molecule has 15 heavy (non-hydrogen) atoms. The first-order valence-corrected chi connectivity index (χ1v) is 4.34. The quantitative estimate of drug-likeness (QED) is 0.538. The highest BCUT2D eigenvalue weighted by molar-refractivity contribution is 6.59. The van der Waals surface area contributed by atoms with E-state index in [9.17, 15) is 4.39 Å². The summed E-state index contributed by atoms with van der Waals surface area (Å²) < 4.78 is 22.8. The predicted molar refractivity (Wildman–Crippen MR) is 53.5 cm³/mol. The first kappa shape index (κ1) is 12.0. The summed E-state index contributed by atoms with van der Waals surface area (Å²) in [5, 5.41) is 18.0. The third kappa shape index (κ3) is 2.92. The van der Waals surface area contributed by atoms with E-state index >= 15 is 0 Å². The van der Waals surface area contributed by atoms with Crippen molar-refractivity contribution < 1.29 is 23.9 Å². The molecule has 4 nitrogen and oxygen atoms in total. The normalized spacial score (nSPS) is 10.2. The maximum Gasteiger partial charge on any atom is 0.492 e. The lowest BCUT2D eigenvalue weighted by Crippen LogP contribution is -2.32. The van der Waals surface area contributed by atoms with Crippen LogP contribution in [0, 0.1) is 12.7 Å². The summed E-state index contributed by atoms with van der Waals surface area (Å²) in [6, 6.07) is 2.26. The molecule has 0 amide bonds. The van der Waals surface area contributed by atoms with Gasteiger partial charge in [-0.3, -0.25) is 0 Å².